The summed E-state index contributed by atoms with van der Waals surface area (Å²) in [6.07, 6.45) is 1.10. The van der Waals surface area contributed by atoms with Crippen LogP contribution < -0.4 is 4.74 Å². The molecule has 0 aliphatic carbocycles. The van der Waals surface area contributed by atoms with Gasteiger partial charge in [-0.15, -0.1) is 0 Å². The van der Waals surface area contributed by atoms with E-state index in [-0.39, 0.29) is 6.10 Å². The van der Waals surface area contributed by atoms with Crippen molar-refractivity contribution in [3.63, 3.8) is 0 Å². The van der Waals surface area contributed by atoms with Crippen molar-refractivity contribution in [2.24, 2.45) is 0 Å². The van der Waals surface area contributed by atoms with Crippen LogP contribution in [-0.4, -0.2) is 0 Å². The average Bonchev–Trinajstić information content (AvgIpc) is 2.61. The highest BCUT2D eigenvalue weighted by molar-refractivity contribution is 5.85. The largest absolute Gasteiger partial charge is 0.484 e. The van der Waals surface area contributed by atoms with E-state index >= 15 is 0 Å². The van der Waals surface area contributed by atoms with Crippen molar-refractivity contribution < 1.29 is 4.74 Å². The molecule has 3 aromatic rings. The normalized spacial score (nSPS) is 15.6. The molecule has 0 fully saturated rings. The molecule has 0 N–H and O–H groups in total. The lowest BCUT2D eigenvalue weighted by Crippen LogP contribution is -2.13. The van der Waals surface area contributed by atoms with E-state index in [1.165, 1.54) is 27.8 Å². The molecule has 0 saturated carbocycles. The molecule has 108 valence electrons. The third-order valence-electron chi connectivity index (χ3n) is 4.33. The van der Waals surface area contributed by atoms with Crippen LogP contribution in [0, 0.1) is 0 Å². The fourth-order valence-electron chi connectivity index (χ4n) is 3.25. The summed E-state index contributed by atoms with van der Waals surface area (Å²) in [5.74, 6) is 1.01. The summed E-state index contributed by atoms with van der Waals surface area (Å²) < 4.78 is 6.39. The highest BCUT2D eigenvalue weighted by Gasteiger charge is 2.26. The average molecular weight is 286 g/mol. The maximum Gasteiger partial charge on any atom is 0.135 e. The molecule has 4 rings (SSSR count). The van der Waals surface area contributed by atoms with Gasteiger partial charge in [0, 0.05) is 16.7 Å². The number of hydrogen-bond acceptors (Lipinski definition) is 1. The summed E-state index contributed by atoms with van der Waals surface area (Å²) in [6.45, 7) is 2.18. The van der Waals surface area contributed by atoms with Crippen molar-refractivity contribution >= 4 is 0 Å². The Morgan fingerprint density at radius 3 is 2.23 bits per heavy atom. The number of para-hydroxylation sites is 1. The van der Waals surface area contributed by atoms with Crippen molar-refractivity contribution in [1.29, 1.82) is 0 Å². The molecule has 1 atom stereocenters. The molecule has 1 aliphatic rings. The van der Waals surface area contributed by atoms with Gasteiger partial charge in [0.25, 0.3) is 0 Å². The van der Waals surface area contributed by atoms with Crippen LogP contribution in [0.4, 0.5) is 0 Å². The smallest absolute Gasteiger partial charge is 0.135 e. The first-order chi connectivity index (χ1) is 10.9. The predicted octanol–water partition coefficient (Wildman–Crippen LogP) is 5.86. The van der Waals surface area contributed by atoms with Crippen molar-refractivity contribution in [1.82, 2.24) is 0 Å². The molecule has 0 aromatic heterocycles. The standard InChI is InChI=1S/C21H18O/c1-2-20-18-12-7-6-11-17(18)19-14-8-13-16(21(19)22-20)15-9-4-3-5-10-15/h3-14,20H,2H2,1H3. The topological polar surface area (TPSA) is 9.23 Å². The number of fused-ring (bicyclic) bond motifs is 3. The van der Waals surface area contributed by atoms with E-state index in [9.17, 15) is 0 Å². The van der Waals surface area contributed by atoms with Gasteiger partial charge in [0.2, 0.25) is 0 Å². The summed E-state index contributed by atoms with van der Waals surface area (Å²) in [4.78, 5) is 0. The molecule has 1 heteroatoms. The number of hydrogen-bond donors (Lipinski definition) is 0. The zero-order valence-corrected chi connectivity index (χ0v) is 12.6. The molecular formula is C21H18O. The van der Waals surface area contributed by atoms with Gasteiger partial charge < -0.3 is 4.74 Å². The minimum Gasteiger partial charge on any atom is -0.484 e. The van der Waals surface area contributed by atoms with E-state index in [0.717, 1.165) is 12.2 Å². The molecule has 0 radical (unpaired) electrons. The van der Waals surface area contributed by atoms with Crippen LogP contribution in [0.5, 0.6) is 5.75 Å². The zero-order valence-electron chi connectivity index (χ0n) is 12.6. The van der Waals surface area contributed by atoms with Crippen LogP contribution in [0.2, 0.25) is 0 Å². The van der Waals surface area contributed by atoms with Crippen LogP contribution in [0.3, 0.4) is 0 Å². The monoisotopic (exact) mass is 286 g/mol. The molecule has 1 unspecified atom stereocenters. The third kappa shape index (κ3) is 2.01. The van der Waals surface area contributed by atoms with Crippen molar-refractivity contribution in [3.05, 3.63) is 78.4 Å². The molecule has 22 heavy (non-hydrogen) atoms. The second-order valence-electron chi connectivity index (χ2n) is 5.65. The minimum atomic E-state index is 0.133. The van der Waals surface area contributed by atoms with Gasteiger partial charge in [0.05, 0.1) is 0 Å². The van der Waals surface area contributed by atoms with E-state index in [1.54, 1.807) is 0 Å². The summed E-state index contributed by atoms with van der Waals surface area (Å²) in [6, 6.07) is 25.5. The highest BCUT2D eigenvalue weighted by atomic mass is 16.5. The summed E-state index contributed by atoms with van der Waals surface area (Å²) in [5.41, 5.74) is 6.16. The molecule has 0 spiro atoms. The number of benzene rings is 3. The van der Waals surface area contributed by atoms with Crippen molar-refractivity contribution in [2.45, 2.75) is 19.4 Å². The Kier molecular flexibility index (Phi) is 3.19. The Morgan fingerprint density at radius 1 is 0.727 bits per heavy atom. The summed E-state index contributed by atoms with van der Waals surface area (Å²) in [7, 11) is 0. The highest BCUT2D eigenvalue weighted by Crippen LogP contribution is 2.47. The first-order valence-electron chi connectivity index (χ1n) is 7.83. The number of rotatable bonds is 2. The summed E-state index contributed by atoms with van der Waals surface area (Å²) >= 11 is 0. The number of ether oxygens (including phenoxy) is 1. The van der Waals surface area contributed by atoms with E-state index in [1.807, 2.05) is 6.07 Å². The lowest BCUT2D eigenvalue weighted by molar-refractivity contribution is 0.199. The second kappa shape index (κ2) is 5.34. The maximum absolute atomic E-state index is 6.39. The lowest BCUT2D eigenvalue weighted by Gasteiger charge is -2.29. The fraction of sp³-hybridized carbons (Fsp3) is 0.143. The van der Waals surface area contributed by atoms with Gasteiger partial charge in [0.15, 0.2) is 0 Å². The van der Waals surface area contributed by atoms with E-state index in [0.29, 0.717) is 0 Å². The van der Waals surface area contributed by atoms with Gasteiger partial charge in [-0.3, -0.25) is 0 Å². The van der Waals surface area contributed by atoms with Crippen LogP contribution in [0.25, 0.3) is 22.3 Å². The quantitative estimate of drug-likeness (QED) is 0.573. The molecule has 0 saturated heterocycles. The van der Waals surface area contributed by atoms with E-state index < -0.39 is 0 Å². The Labute approximate surface area is 131 Å². The minimum absolute atomic E-state index is 0.133. The van der Waals surface area contributed by atoms with Gasteiger partial charge in [-0.1, -0.05) is 79.7 Å². The third-order valence-corrected chi connectivity index (χ3v) is 4.33. The summed E-state index contributed by atoms with van der Waals surface area (Å²) in [5, 5.41) is 0. The lowest BCUT2D eigenvalue weighted by atomic mass is 9.89. The first-order valence-corrected chi connectivity index (χ1v) is 7.83. The van der Waals surface area contributed by atoms with Crippen LogP contribution in [-0.2, 0) is 0 Å². The molecular weight excluding hydrogens is 268 g/mol. The van der Waals surface area contributed by atoms with Crippen molar-refractivity contribution in [3.8, 4) is 28.0 Å². The predicted molar refractivity (Wildman–Crippen MR) is 91.0 cm³/mol. The van der Waals surface area contributed by atoms with Gasteiger partial charge in [-0.25, -0.2) is 0 Å². The second-order valence-corrected chi connectivity index (χ2v) is 5.65. The fourth-order valence-corrected chi connectivity index (χ4v) is 3.25. The van der Waals surface area contributed by atoms with E-state index in [4.69, 9.17) is 4.74 Å². The Balaban J connectivity index is 1.96. The molecule has 1 aliphatic heterocycles. The molecule has 3 aromatic carbocycles. The maximum atomic E-state index is 6.39. The molecule has 1 heterocycles. The zero-order chi connectivity index (χ0) is 14.9. The van der Waals surface area contributed by atoms with Crippen LogP contribution >= 0.6 is 0 Å². The SMILES string of the molecule is CCC1Oc2c(-c3ccccc3)cccc2-c2ccccc21. The van der Waals surface area contributed by atoms with Gasteiger partial charge in [-0.05, 0) is 17.5 Å². The van der Waals surface area contributed by atoms with Crippen LogP contribution in [0.1, 0.15) is 25.0 Å². The molecule has 0 bridgehead atoms. The Morgan fingerprint density at radius 2 is 1.41 bits per heavy atom. The van der Waals surface area contributed by atoms with E-state index in [2.05, 4.69) is 73.7 Å². The van der Waals surface area contributed by atoms with Gasteiger partial charge in [-0.2, -0.15) is 0 Å². The van der Waals surface area contributed by atoms with Crippen molar-refractivity contribution in [2.75, 3.05) is 0 Å². The molecule has 0 amide bonds. The first kappa shape index (κ1) is 13.1. The Hall–Kier alpha value is -2.54. The van der Waals surface area contributed by atoms with Gasteiger partial charge in [0.1, 0.15) is 11.9 Å². The Bertz CT molecular complexity index is 791. The molecule has 1 nitrogen and oxygen atoms in total. The van der Waals surface area contributed by atoms with Gasteiger partial charge >= 0.3 is 0 Å². The van der Waals surface area contributed by atoms with Crippen LogP contribution in [0.15, 0.2) is 72.8 Å².